The fraction of sp³-hybridized carbons (Fsp3) is 0.263. The molecule has 4 rings (SSSR count). The number of benzene rings is 4. The van der Waals surface area contributed by atoms with Crippen molar-refractivity contribution in [3.05, 3.63) is 126 Å². The summed E-state index contributed by atoms with van der Waals surface area (Å²) in [5.41, 5.74) is 5.50. The van der Waals surface area contributed by atoms with E-state index in [0.29, 0.717) is 36.3 Å². The minimum Gasteiger partial charge on any atom is -0.481 e. The van der Waals surface area contributed by atoms with Gasteiger partial charge in [0.1, 0.15) is 6.04 Å². The van der Waals surface area contributed by atoms with Gasteiger partial charge in [0.2, 0.25) is 11.8 Å². The van der Waals surface area contributed by atoms with Crippen LogP contribution < -0.4 is 10.6 Å². The van der Waals surface area contributed by atoms with Gasteiger partial charge in [-0.25, -0.2) is 0 Å². The van der Waals surface area contributed by atoms with Crippen molar-refractivity contribution in [3.63, 3.8) is 0 Å². The molecule has 0 aliphatic rings. The first-order valence-corrected chi connectivity index (χ1v) is 16.3. The predicted molar refractivity (Wildman–Crippen MR) is 184 cm³/mol. The lowest BCUT2D eigenvalue weighted by Crippen LogP contribution is -2.56. The average Bonchev–Trinajstić information content (AvgIpc) is 3.07. The first-order valence-electron chi connectivity index (χ1n) is 15.3. The Kier molecular flexibility index (Phi) is 12.2. The zero-order chi connectivity index (χ0) is 32.9. The van der Waals surface area contributed by atoms with E-state index in [1.165, 1.54) is 11.8 Å². The summed E-state index contributed by atoms with van der Waals surface area (Å²) < 4.78 is -0.767. The van der Waals surface area contributed by atoms with E-state index in [2.05, 4.69) is 53.1 Å². The number of carbonyl (C=O) groups is 3. The molecule has 0 bridgehead atoms. The Labute approximate surface area is 275 Å². The highest BCUT2D eigenvalue weighted by molar-refractivity contribution is 7.99. The molecule has 236 valence electrons. The van der Waals surface area contributed by atoms with Gasteiger partial charge in [0.15, 0.2) is 0 Å². The van der Waals surface area contributed by atoms with Gasteiger partial charge in [-0.05, 0) is 79.6 Å². The summed E-state index contributed by atoms with van der Waals surface area (Å²) in [7, 11) is 0. The number of thioether (sulfide) groups is 1. The molecule has 0 radical (unpaired) electrons. The third-order valence-corrected chi connectivity index (χ3v) is 9.31. The number of anilines is 1. The predicted octanol–water partition coefficient (Wildman–Crippen LogP) is 7.47. The number of para-hydroxylation sites is 1. The van der Waals surface area contributed by atoms with E-state index in [1.807, 2.05) is 62.4 Å². The van der Waals surface area contributed by atoms with E-state index in [1.54, 1.807) is 24.3 Å². The van der Waals surface area contributed by atoms with Gasteiger partial charge in [-0.2, -0.15) is 5.26 Å². The second-order valence-electron chi connectivity index (χ2n) is 11.7. The second kappa shape index (κ2) is 16.4. The standard InChI is InChI=1S/C38H39N3O4S/c1-38(2,46-26-29-18-16-28(25-39)17-19-29)35(37(45)40-33-14-7-4-8-15-33)41-36(44)32(24-34(42)43)13-9-10-27-20-22-31(23-21-27)30-11-5-3-6-12-30/h3-8,11-12,14-23,32,35H,9-10,13,24,26H2,1-2H3,(H,40,45)(H,41,44)(H,42,43)/t32-,35-/m1/s1. The van der Waals surface area contributed by atoms with Gasteiger partial charge in [-0.1, -0.05) is 84.9 Å². The number of hydrogen-bond donors (Lipinski definition) is 3. The van der Waals surface area contributed by atoms with Crippen LogP contribution in [0.4, 0.5) is 5.69 Å². The summed E-state index contributed by atoms with van der Waals surface area (Å²) in [5, 5.41) is 24.6. The van der Waals surface area contributed by atoms with Gasteiger partial charge in [0.05, 0.1) is 18.1 Å². The molecule has 2 amide bonds. The molecular weight excluding hydrogens is 595 g/mol. The van der Waals surface area contributed by atoms with Crippen LogP contribution in [-0.2, 0) is 26.6 Å². The average molecular weight is 634 g/mol. The fourth-order valence-electron chi connectivity index (χ4n) is 5.16. The van der Waals surface area contributed by atoms with Gasteiger partial charge in [0, 0.05) is 22.1 Å². The molecule has 0 fully saturated rings. The van der Waals surface area contributed by atoms with Gasteiger partial charge < -0.3 is 15.7 Å². The number of aliphatic carboxylic acids is 1. The lowest BCUT2D eigenvalue weighted by atomic mass is 9.93. The highest BCUT2D eigenvalue weighted by Crippen LogP contribution is 2.33. The van der Waals surface area contributed by atoms with Crippen molar-refractivity contribution >= 4 is 35.2 Å². The zero-order valence-corrected chi connectivity index (χ0v) is 26.9. The van der Waals surface area contributed by atoms with Crippen LogP contribution in [0.1, 0.15) is 49.8 Å². The summed E-state index contributed by atoms with van der Waals surface area (Å²) in [4.78, 5) is 39.2. The normalized spacial score (nSPS) is 12.4. The van der Waals surface area contributed by atoms with Crippen molar-refractivity contribution in [2.24, 2.45) is 5.92 Å². The molecule has 0 saturated carbocycles. The Morgan fingerprint density at radius 2 is 1.39 bits per heavy atom. The van der Waals surface area contributed by atoms with Gasteiger partial charge >= 0.3 is 5.97 Å². The number of nitrogens with zero attached hydrogens (tertiary/aromatic N) is 1. The van der Waals surface area contributed by atoms with Crippen LogP contribution in [0.2, 0.25) is 0 Å². The van der Waals surface area contributed by atoms with Crippen molar-refractivity contribution in [1.82, 2.24) is 5.32 Å². The number of carbonyl (C=O) groups excluding carboxylic acids is 2. The monoisotopic (exact) mass is 633 g/mol. The van der Waals surface area contributed by atoms with E-state index in [-0.39, 0.29) is 12.3 Å². The zero-order valence-electron chi connectivity index (χ0n) is 26.1. The molecule has 8 heteroatoms. The van der Waals surface area contributed by atoms with Crippen LogP contribution in [0.3, 0.4) is 0 Å². The Hall–Kier alpha value is -4.87. The highest BCUT2D eigenvalue weighted by Gasteiger charge is 2.38. The number of carboxylic acid groups (broad SMARTS) is 1. The van der Waals surface area contributed by atoms with Crippen molar-refractivity contribution < 1.29 is 19.5 Å². The van der Waals surface area contributed by atoms with Crippen molar-refractivity contribution in [2.75, 3.05) is 5.32 Å². The Morgan fingerprint density at radius 3 is 2.00 bits per heavy atom. The number of hydrogen-bond acceptors (Lipinski definition) is 5. The largest absolute Gasteiger partial charge is 0.481 e. The molecule has 0 spiro atoms. The molecule has 4 aromatic rings. The molecule has 0 heterocycles. The number of rotatable bonds is 15. The Morgan fingerprint density at radius 1 is 0.804 bits per heavy atom. The minimum absolute atomic E-state index is 0.329. The summed E-state index contributed by atoms with van der Waals surface area (Å²) >= 11 is 1.50. The number of nitriles is 1. The van der Waals surface area contributed by atoms with E-state index >= 15 is 0 Å². The van der Waals surface area contributed by atoms with Crippen LogP contribution >= 0.6 is 11.8 Å². The van der Waals surface area contributed by atoms with Crippen LogP contribution in [0, 0.1) is 17.2 Å². The summed E-state index contributed by atoms with van der Waals surface area (Å²) in [5.74, 6) is -2.16. The molecule has 0 aromatic heterocycles. The molecule has 3 N–H and O–H groups in total. The van der Waals surface area contributed by atoms with E-state index < -0.39 is 28.6 Å². The molecule has 2 atom stereocenters. The number of aryl methyl sites for hydroxylation is 1. The highest BCUT2D eigenvalue weighted by atomic mass is 32.2. The van der Waals surface area contributed by atoms with Crippen LogP contribution in [0.25, 0.3) is 11.1 Å². The maximum absolute atomic E-state index is 13.7. The van der Waals surface area contributed by atoms with Crippen molar-refractivity contribution in [2.45, 2.75) is 56.1 Å². The summed E-state index contributed by atoms with van der Waals surface area (Å²) in [6.45, 7) is 3.78. The molecule has 0 aliphatic heterocycles. The number of carboxylic acids is 1. The summed E-state index contributed by atoms with van der Waals surface area (Å²) in [6, 6.07) is 35.8. The maximum atomic E-state index is 13.7. The molecular formula is C38H39N3O4S. The third-order valence-electron chi connectivity index (χ3n) is 7.85. The molecule has 46 heavy (non-hydrogen) atoms. The SMILES string of the molecule is CC(C)(SCc1ccc(C#N)cc1)[C@H](NC(=O)[C@H](CCCc1ccc(-c2ccccc2)cc1)CC(=O)O)C(=O)Nc1ccccc1. The minimum atomic E-state index is -1.06. The third kappa shape index (κ3) is 10.1. The molecule has 0 aliphatic carbocycles. The number of amides is 2. The van der Waals surface area contributed by atoms with Gasteiger partial charge in [-0.3, -0.25) is 14.4 Å². The first-order chi connectivity index (χ1) is 22.1. The lowest BCUT2D eigenvalue weighted by Gasteiger charge is -2.34. The van der Waals surface area contributed by atoms with Gasteiger partial charge in [-0.15, -0.1) is 11.8 Å². The first kappa shape index (κ1) is 34.0. The van der Waals surface area contributed by atoms with Gasteiger partial charge in [0.25, 0.3) is 0 Å². The van der Waals surface area contributed by atoms with E-state index in [0.717, 1.165) is 22.3 Å². The van der Waals surface area contributed by atoms with Crippen molar-refractivity contribution in [1.29, 1.82) is 5.26 Å². The second-order valence-corrected chi connectivity index (χ2v) is 13.4. The Bertz CT molecular complexity index is 1630. The number of nitrogens with one attached hydrogen (secondary N) is 2. The topological polar surface area (TPSA) is 119 Å². The smallest absolute Gasteiger partial charge is 0.304 e. The summed E-state index contributed by atoms with van der Waals surface area (Å²) in [6.07, 6.45) is 1.35. The Balaban J connectivity index is 1.45. The fourth-order valence-corrected chi connectivity index (χ4v) is 6.23. The van der Waals surface area contributed by atoms with Crippen LogP contribution in [0.15, 0.2) is 109 Å². The van der Waals surface area contributed by atoms with Crippen molar-refractivity contribution in [3.8, 4) is 17.2 Å². The maximum Gasteiger partial charge on any atom is 0.304 e. The van der Waals surface area contributed by atoms with E-state index in [4.69, 9.17) is 5.26 Å². The quantitative estimate of drug-likeness (QED) is 0.125. The van der Waals surface area contributed by atoms with Crippen LogP contribution in [-0.4, -0.2) is 33.7 Å². The molecule has 0 unspecified atom stereocenters. The lowest BCUT2D eigenvalue weighted by molar-refractivity contribution is -0.141. The van der Waals surface area contributed by atoms with E-state index in [9.17, 15) is 19.5 Å². The van der Waals surface area contributed by atoms with Crippen LogP contribution in [0.5, 0.6) is 0 Å². The molecule has 4 aromatic carbocycles. The molecule has 7 nitrogen and oxygen atoms in total. The molecule has 0 saturated heterocycles.